The first kappa shape index (κ1) is 28.9. The highest BCUT2D eigenvalue weighted by molar-refractivity contribution is 7.27. The maximum absolute atomic E-state index is 5.17. The van der Waals surface area contributed by atoms with Crippen LogP contribution in [0.2, 0.25) is 0 Å². The summed E-state index contributed by atoms with van der Waals surface area (Å²) in [5.41, 5.74) is 9.86. The van der Waals surface area contributed by atoms with Gasteiger partial charge in [0.25, 0.3) is 0 Å². The summed E-state index contributed by atoms with van der Waals surface area (Å²) < 4.78 is 2.41. The zero-order valence-corrected chi connectivity index (χ0v) is 27.2. The number of hydrogen-bond donors (Lipinski definition) is 0. The van der Waals surface area contributed by atoms with E-state index in [9.17, 15) is 0 Å². The summed E-state index contributed by atoms with van der Waals surface area (Å²) >= 11 is 1.83. The molecular weight excluding hydrogens is 617 g/mol. The van der Waals surface area contributed by atoms with Crippen LogP contribution in [0.4, 0.5) is 0 Å². The van der Waals surface area contributed by atoms with Gasteiger partial charge >= 0.3 is 0 Å². The number of pyridine rings is 1. The van der Waals surface area contributed by atoms with Crippen LogP contribution in [0.25, 0.3) is 87.7 Å². The first-order valence-electron chi connectivity index (χ1n) is 16.2. The van der Waals surface area contributed by atoms with E-state index in [0.717, 1.165) is 38.8 Å². The average molecular weight is 645 g/mol. The molecule has 0 saturated carbocycles. The lowest BCUT2D eigenvalue weighted by Gasteiger charge is -2.12. The van der Waals surface area contributed by atoms with Crippen LogP contribution in [0.1, 0.15) is 0 Å². The van der Waals surface area contributed by atoms with Crippen LogP contribution < -0.4 is 0 Å². The van der Waals surface area contributed by atoms with Gasteiger partial charge in [0.2, 0.25) is 0 Å². The van der Waals surface area contributed by atoms with Crippen molar-refractivity contribution in [2.75, 3.05) is 0 Å². The molecule has 49 heavy (non-hydrogen) atoms. The van der Waals surface area contributed by atoms with Crippen LogP contribution >= 0.6 is 11.3 Å². The van der Waals surface area contributed by atoms with Gasteiger partial charge in [0.05, 0.1) is 0 Å². The van der Waals surface area contributed by atoms with E-state index in [1.807, 2.05) is 84.4 Å². The van der Waals surface area contributed by atoms with Crippen molar-refractivity contribution in [2.45, 2.75) is 0 Å². The lowest BCUT2D eigenvalue weighted by molar-refractivity contribution is 1.08. The van der Waals surface area contributed by atoms with Crippen molar-refractivity contribution in [1.29, 1.82) is 0 Å². The summed E-state index contributed by atoms with van der Waals surface area (Å²) in [6.07, 6.45) is 3.71. The van der Waals surface area contributed by atoms with Gasteiger partial charge in [0.15, 0.2) is 17.5 Å². The van der Waals surface area contributed by atoms with E-state index in [2.05, 4.69) is 102 Å². The van der Waals surface area contributed by atoms with Crippen LogP contribution in [0, 0.1) is 0 Å². The molecule has 0 aliphatic heterocycles. The predicted molar refractivity (Wildman–Crippen MR) is 203 cm³/mol. The molecule has 0 atom stereocenters. The average Bonchev–Trinajstić information content (AvgIpc) is 3.58. The molecule has 0 radical (unpaired) electrons. The van der Waals surface area contributed by atoms with Crippen molar-refractivity contribution in [3.05, 3.63) is 170 Å². The fraction of sp³-hybridized carbons (Fsp3) is 0. The molecule has 0 unspecified atom stereocenters. The van der Waals surface area contributed by atoms with Gasteiger partial charge in [-0.05, 0) is 58.1 Å². The number of fused-ring (bicyclic) bond motifs is 3. The Kier molecular flexibility index (Phi) is 7.30. The Morgan fingerprint density at radius 1 is 0.347 bits per heavy atom. The zero-order chi connectivity index (χ0) is 32.6. The number of benzene rings is 6. The summed E-state index contributed by atoms with van der Waals surface area (Å²) in [7, 11) is 0. The Hall–Kier alpha value is -6.30. The molecule has 0 amide bonds. The topological polar surface area (TPSA) is 51.6 Å². The number of nitrogens with zero attached hydrogens (tertiary/aromatic N) is 4. The van der Waals surface area contributed by atoms with Gasteiger partial charge in [-0.1, -0.05) is 127 Å². The van der Waals surface area contributed by atoms with E-state index in [1.165, 1.54) is 31.5 Å². The van der Waals surface area contributed by atoms with Gasteiger partial charge in [-0.3, -0.25) is 4.98 Å². The third kappa shape index (κ3) is 5.36. The van der Waals surface area contributed by atoms with Crippen LogP contribution in [-0.4, -0.2) is 19.9 Å². The summed E-state index contributed by atoms with van der Waals surface area (Å²) in [4.78, 5) is 19.6. The Bertz CT molecular complexity index is 2510. The van der Waals surface area contributed by atoms with Crippen LogP contribution in [-0.2, 0) is 0 Å². The summed E-state index contributed by atoms with van der Waals surface area (Å²) in [6.45, 7) is 0. The fourth-order valence-electron chi connectivity index (χ4n) is 6.49. The number of hydrogen-bond acceptors (Lipinski definition) is 5. The van der Waals surface area contributed by atoms with Gasteiger partial charge < -0.3 is 0 Å². The highest BCUT2D eigenvalue weighted by atomic mass is 32.1. The molecular formula is C44H28N4S. The minimum atomic E-state index is 0.644. The van der Waals surface area contributed by atoms with Crippen molar-refractivity contribution < 1.29 is 0 Å². The second-order valence-electron chi connectivity index (χ2n) is 11.9. The molecule has 0 bridgehead atoms. The quantitative estimate of drug-likeness (QED) is 0.181. The van der Waals surface area contributed by atoms with E-state index in [0.29, 0.717) is 17.5 Å². The molecule has 3 aromatic heterocycles. The third-order valence-electron chi connectivity index (χ3n) is 8.84. The van der Waals surface area contributed by atoms with Crippen LogP contribution in [0.5, 0.6) is 0 Å². The molecule has 9 rings (SSSR count). The molecule has 9 aromatic rings. The van der Waals surface area contributed by atoms with E-state index < -0.39 is 0 Å². The lowest BCUT2D eigenvalue weighted by atomic mass is 9.93. The smallest absolute Gasteiger partial charge is 0.164 e. The first-order chi connectivity index (χ1) is 24.3. The van der Waals surface area contributed by atoms with Gasteiger partial charge in [-0.2, -0.15) is 0 Å². The maximum atomic E-state index is 5.17. The first-order valence-corrected chi connectivity index (χ1v) is 17.0. The summed E-state index contributed by atoms with van der Waals surface area (Å²) in [5.74, 6) is 1.93. The molecule has 0 aliphatic carbocycles. The van der Waals surface area contributed by atoms with Crippen molar-refractivity contribution in [1.82, 2.24) is 19.9 Å². The summed E-state index contributed by atoms with van der Waals surface area (Å²) in [5, 5.41) is 2.31. The third-order valence-corrected chi connectivity index (χ3v) is 10.1. The lowest BCUT2D eigenvalue weighted by Crippen LogP contribution is -2.00. The second kappa shape index (κ2) is 12.4. The Morgan fingerprint density at radius 2 is 0.837 bits per heavy atom. The Morgan fingerprint density at radius 3 is 1.43 bits per heavy atom. The minimum absolute atomic E-state index is 0.644. The highest BCUT2D eigenvalue weighted by Crippen LogP contribution is 2.48. The zero-order valence-electron chi connectivity index (χ0n) is 26.4. The Labute approximate surface area is 288 Å². The van der Waals surface area contributed by atoms with Crippen molar-refractivity contribution in [2.24, 2.45) is 0 Å². The molecule has 0 N–H and O–H groups in total. The largest absolute Gasteiger partial charge is 0.265 e. The molecule has 5 heteroatoms. The van der Waals surface area contributed by atoms with Crippen molar-refractivity contribution in [3.63, 3.8) is 0 Å². The second-order valence-corrected chi connectivity index (χ2v) is 12.9. The van der Waals surface area contributed by atoms with Gasteiger partial charge in [-0.15, -0.1) is 11.3 Å². The molecule has 0 aliphatic rings. The summed E-state index contributed by atoms with van der Waals surface area (Å²) in [6, 6.07) is 54.8. The molecule has 230 valence electrons. The van der Waals surface area contributed by atoms with Crippen molar-refractivity contribution >= 4 is 31.5 Å². The molecule has 3 heterocycles. The molecule has 0 spiro atoms. The molecule has 0 fully saturated rings. The Balaban J connectivity index is 1.40. The number of aromatic nitrogens is 4. The predicted octanol–water partition coefficient (Wildman–Crippen LogP) is 11.6. The van der Waals surface area contributed by atoms with Crippen LogP contribution in [0.15, 0.2) is 170 Å². The van der Waals surface area contributed by atoms with E-state index in [1.54, 1.807) is 0 Å². The van der Waals surface area contributed by atoms with Crippen LogP contribution in [0.3, 0.4) is 0 Å². The number of rotatable bonds is 6. The van der Waals surface area contributed by atoms with E-state index in [-0.39, 0.29) is 0 Å². The van der Waals surface area contributed by atoms with Gasteiger partial charge in [0.1, 0.15) is 0 Å². The van der Waals surface area contributed by atoms with E-state index >= 15 is 0 Å². The monoisotopic (exact) mass is 644 g/mol. The minimum Gasteiger partial charge on any atom is -0.265 e. The maximum Gasteiger partial charge on any atom is 0.164 e. The van der Waals surface area contributed by atoms with Gasteiger partial charge in [0, 0.05) is 54.8 Å². The normalized spacial score (nSPS) is 11.3. The van der Waals surface area contributed by atoms with Crippen molar-refractivity contribution in [3.8, 4) is 67.5 Å². The molecule has 6 aromatic carbocycles. The van der Waals surface area contributed by atoms with E-state index in [4.69, 9.17) is 15.0 Å². The highest BCUT2D eigenvalue weighted by Gasteiger charge is 2.22. The SMILES string of the molecule is c1ccc(-c2cc(-c3ccccc3)c3sc4c(-c5ccncc5)ccc(-c5nc(-c6ccccc6)nc(-c6ccccc6)n5)c4c3c2)cc1. The fourth-order valence-corrected chi connectivity index (χ4v) is 7.87. The molecule has 0 saturated heterocycles. The van der Waals surface area contributed by atoms with Gasteiger partial charge in [-0.25, -0.2) is 15.0 Å². The molecule has 4 nitrogen and oxygen atoms in total. The number of thiophene rings is 1. The standard InChI is InChI=1S/C44H28N4S/c1-5-13-29(14-6-1)34-27-37(30-15-7-2-8-16-30)40-38(28-34)39-36(22-21-35(41(39)49-40)31-23-25-45-26-24-31)44-47-42(32-17-9-3-10-18-32)46-43(48-44)33-19-11-4-12-20-33/h1-28H.